The number of halogens is 1. The monoisotopic (exact) mass is 395 g/mol. The lowest BCUT2D eigenvalue weighted by Crippen LogP contribution is -2.22. The van der Waals surface area contributed by atoms with E-state index in [1.807, 2.05) is 6.07 Å². The van der Waals surface area contributed by atoms with Crippen LogP contribution in [0.1, 0.15) is 37.4 Å². The highest BCUT2D eigenvalue weighted by molar-refractivity contribution is 14.1. The molecule has 0 radical (unpaired) electrons. The van der Waals surface area contributed by atoms with Crippen LogP contribution < -0.4 is 10.1 Å². The highest BCUT2D eigenvalue weighted by Gasteiger charge is 2.17. The molecule has 0 aliphatic rings. The van der Waals surface area contributed by atoms with Gasteiger partial charge in [0.15, 0.2) is 0 Å². The first kappa shape index (κ1) is 16.3. The molecule has 2 aromatic carbocycles. The van der Waals surface area contributed by atoms with Gasteiger partial charge in [0.2, 0.25) is 0 Å². The van der Waals surface area contributed by atoms with E-state index >= 15 is 0 Å². The summed E-state index contributed by atoms with van der Waals surface area (Å²) in [6.07, 6.45) is 1.02. The van der Waals surface area contributed by atoms with E-state index < -0.39 is 0 Å². The van der Waals surface area contributed by atoms with Crippen LogP contribution in [0.2, 0.25) is 0 Å². The van der Waals surface area contributed by atoms with E-state index in [1.165, 1.54) is 14.7 Å². The molecule has 0 bridgehead atoms. The van der Waals surface area contributed by atoms with E-state index in [-0.39, 0.29) is 6.04 Å². The van der Waals surface area contributed by atoms with Gasteiger partial charge in [-0.1, -0.05) is 44.2 Å². The second-order valence-corrected chi connectivity index (χ2v) is 6.17. The molecule has 3 heteroatoms. The third kappa shape index (κ3) is 4.45. The van der Waals surface area contributed by atoms with Gasteiger partial charge in [-0.25, -0.2) is 0 Å². The van der Waals surface area contributed by atoms with Gasteiger partial charge in [-0.05, 0) is 59.3 Å². The fourth-order valence-corrected chi connectivity index (χ4v) is 2.69. The summed E-state index contributed by atoms with van der Waals surface area (Å²) >= 11 is 2.34. The van der Waals surface area contributed by atoms with Gasteiger partial charge in [0.05, 0.1) is 12.6 Å². The Bertz CT molecular complexity index is 553. The number of rotatable bonds is 7. The zero-order valence-corrected chi connectivity index (χ0v) is 14.8. The predicted octanol–water partition coefficient (Wildman–Crippen LogP) is 4.78. The van der Waals surface area contributed by atoms with Crippen LogP contribution in [0.15, 0.2) is 48.5 Å². The summed E-state index contributed by atoms with van der Waals surface area (Å²) in [6.45, 7) is 5.93. The molecular weight excluding hydrogens is 373 g/mol. The van der Waals surface area contributed by atoms with Crippen molar-refractivity contribution >= 4 is 22.6 Å². The summed E-state index contributed by atoms with van der Waals surface area (Å²) in [5.74, 6) is 0.976. The van der Waals surface area contributed by atoms with Crippen molar-refractivity contribution in [3.05, 3.63) is 63.2 Å². The minimum absolute atomic E-state index is 0.167. The molecule has 0 amide bonds. The molecule has 1 atom stereocenters. The van der Waals surface area contributed by atoms with E-state index in [2.05, 4.69) is 84.2 Å². The number of hydrogen-bond donors (Lipinski definition) is 1. The van der Waals surface area contributed by atoms with Crippen molar-refractivity contribution in [3.63, 3.8) is 0 Å². The molecule has 112 valence electrons. The zero-order valence-electron chi connectivity index (χ0n) is 12.6. The summed E-state index contributed by atoms with van der Waals surface area (Å²) in [7, 11) is 0. The molecule has 1 N–H and O–H groups in total. The van der Waals surface area contributed by atoms with Gasteiger partial charge in [-0.2, -0.15) is 0 Å². The maximum absolute atomic E-state index is 5.92. The Morgan fingerprint density at radius 2 is 1.76 bits per heavy atom. The minimum atomic E-state index is 0.167. The van der Waals surface area contributed by atoms with Gasteiger partial charge in [-0.3, -0.25) is 0 Å². The molecule has 0 fully saturated rings. The lowest BCUT2D eigenvalue weighted by atomic mass is 9.98. The number of benzene rings is 2. The van der Waals surface area contributed by atoms with Crippen molar-refractivity contribution in [1.29, 1.82) is 0 Å². The fraction of sp³-hybridized carbons (Fsp3) is 0.333. The average Bonchev–Trinajstić information content (AvgIpc) is 2.52. The molecule has 2 nitrogen and oxygen atoms in total. The van der Waals surface area contributed by atoms with Crippen molar-refractivity contribution in [1.82, 2.24) is 5.32 Å². The molecule has 0 spiro atoms. The summed E-state index contributed by atoms with van der Waals surface area (Å²) < 4.78 is 7.17. The number of hydrogen-bond acceptors (Lipinski definition) is 2. The Morgan fingerprint density at radius 3 is 2.43 bits per heavy atom. The molecule has 0 aliphatic carbocycles. The molecule has 0 aromatic heterocycles. The minimum Gasteiger partial charge on any atom is -0.493 e. The first-order valence-electron chi connectivity index (χ1n) is 7.46. The van der Waals surface area contributed by atoms with Gasteiger partial charge >= 0.3 is 0 Å². The molecular formula is C18H22INO. The second-order valence-electron chi connectivity index (χ2n) is 4.93. The van der Waals surface area contributed by atoms with E-state index in [0.29, 0.717) is 0 Å². The van der Waals surface area contributed by atoms with Crippen molar-refractivity contribution in [3.8, 4) is 5.75 Å². The standard InChI is InChI=1S/C18H22INO/c1-3-13-21-17-8-6-5-7-16(17)18(20-4-2)14-9-11-15(19)12-10-14/h5-12,18,20H,3-4,13H2,1-2H3. The number of para-hydroxylation sites is 1. The lowest BCUT2D eigenvalue weighted by Gasteiger charge is -2.22. The quantitative estimate of drug-likeness (QED) is 0.682. The third-order valence-electron chi connectivity index (χ3n) is 3.30. The molecule has 21 heavy (non-hydrogen) atoms. The Labute approximate surface area is 141 Å². The van der Waals surface area contributed by atoms with E-state index in [0.717, 1.165) is 25.3 Å². The Morgan fingerprint density at radius 1 is 1.05 bits per heavy atom. The lowest BCUT2D eigenvalue weighted by molar-refractivity contribution is 0.312. The smallest absolute Gasteiger partial charge is 0.124 e. The summed E-state index contributed by atoms with van der Waals surface area (Å²) in [5, 5.41) is 3.57. The Kier molecular flexibility index (Phi) is 6.51. The van der Waals surface area contributed by atoms with Crippen LogP contribution in [-0.4, -0.2) is 13.2 Å². The van der Waals surface area contributed by atoms with Crippen LogP contribution in [-0.2, 0) is 0 Å². The largest absolute Gasteiger partial charge is 0.493 e. The molecule has 2 aromatic rings. The highest BCUT2D eigenvalue weighted by atomic mass is 127. The summed E-state index contributed by atoms with van der Waals surface area (Å²) in [6, 6.07) is 17.2. The van der Waals surface area contributed by atoms with Crippen molar-refractivity contribution in [2.75, 3.05) is 13.2 Å². The van der Waals surface area contributed by atoms with Gasteiger partial charge in [-0.15, -0.1) is 0 Å². The van der Waals surface area contributed by atoms with Crippen molar-refractivity contribution in [2.24, 2.45) is 0 Å². The average molecular weight is 395 g/mol. The van der Waals surface area contributed by atoms with E-state index in [1.54, 1.807) is 0 Å². The van der Waals surface area contributed by atoms with E-state index in [9.17, 15) is 0 Å². The zero-order chi connectivity index (χ0) is 15.1. The van der Waals surface area contributed by atoms with Crippen LogP contribution in [0.3, 0.4) is 0 Å². The molecule has 2 rings (SSSR count). The molecule has 0 saturated carbocycles. The van der Waals surface area contributed by atoms with Crippen molar-refractivity contribution < 1.29 is 4.74 Å². The summed E-state index contributed by atoms with van der Waals surface area (Å²) in [5.41, 5.74) is 2.47. The van der Waals surface area contributed by atoms with Gasteiger partial charge in [0.25, 0.3) is 0 Å². The topological polar surface area (TPSA) is 21.3 Å². The van der Waals surface area contributed by atoms with Gasteiger partial charge in [0.1, 0.15) is 5.75 Å². The number of ether oxygens (including phenoxy) is 1. The molecule has 0 saturated heterocycles. The Balaban J connectivity index is 2.35. The van der Waals surface area contributed by atoms with Gasteiger partial charge < -0.3 is 10.1 Å². The first-order valence-corrected chi connectivity index (χ1v) is 8.54. The maximum Gasteiger partial charge on any atom is 0.124 e. The molecule has 1 unspecified atom stereocenters. The second kappa shape index (κ2) is 8.39. The van der Waals surface area contributed by atoms with Gasteiger partial charge in [0, 0.05) is 9.13 Å². The van der Waals surface area contributed by atoms with Crippen LogP contribution >= 0.6 is 22.6 Å². The van der Waals surface area contributed by atoms with Crippen molar-refractivity contribution in [2.45, 2.75) is 26.3 Å². The maximum atomic E-state index is 5.92. The Hall–Kier alpha value is -1.07. The van der Waals surface area contributed by atoms with Crippen LogP contribution in [0, 0.1) is 3.57 Å². The highest BCUT2D eigenvalue weighted by Crippen LogP contribution is 2.30. The van der Waals surface area contributed by atoms with E-state index in [4.69, 9.17) is 4.74 Å². The normalized spacial score (nSPS) is 12.1. The van der Waals surface area contributed by atoms with Crippen LogP contribution in [0.4, 0.5) is 0 Å². The number of nitrogens with one attached hydrogen (secondary N) is 1. The molecule has 0 heterocycles. The first-order chi connectivity index (χ1) is 10.3. The predicted molar refractivity (Wildman–Crippen MR) is 96.9 cm³/mol. The molecule has 0 aliphatic heterocycles. The fourth-order valence-electron chi connectivity index (χ4n) is 2.33. The SMILES string of the molecule is CCCOc1ccccc1C(NCC)c1ccc(I)cc1. The van der Waals surface area contributed by atoms with Crippen LogP contribution in [0.25, 0.3) is 0 Å². The third-order valence-corrected chi connectivity index (χ3v) is 4.02. The summed E-state index contributed by atoms with van der Waals surface area (Å²) in [4.78, 5) is 0. The van der Waals surface area contributed by atoms with Crippen LogP contribution in [0.5, 0.6) is 5.75 Å².